The minimum Gasteiger partial charge on any atom is -0.497 e. The molecule has 0 aromatic heterocycles. The van der Waals surface area contributed by atoms with Gasteiger partial charge in [0.05, 0.1) is 33.1 Å². The molecule has 0 aliphatic rings. The predicted octanol–water partition coefficient (Wildman–Crippen LogP) is 3.60. The Bertz CT molecular complexity index is 703. The molecule has 2 aromatic rings. The Morgan fingerprint density at radius 3 is 2.33 bits per heavy atom. The molecule has 0 saturated heterocycles. The van der Waals surface area contributed by atoms with Gasteiger partial charge >= 0.3 is 6.03 Å². The zero-order valence-electron chi connectivity index (χ0n) is 14.3. The lowest BCUT2D eigenvalue weighted by Gasteiger charge is -2.19. The number of nitrogens with one attached hydrogen (secondary N) is 2. The van der Waals surface area contributed by atoms with Crippen LogP contribution < -0.4 is 24.8 Å². The van der Waals surface area contributed by atoms with Crippen molar-refractivity contribution >= 4 is 11.7 Å². The summed E-state index contributed by atoms with van der Waals surface area (Å²) in [6, 6.07) is 12.1. The topological polar surface area (TPSA) is 68.8 Å². The molecule has 0 aliphatic carbocycles. The van der Waals surface area contributed by atoms with Crippen LogP contribution in [0.1, 0.15) is 18.5 Å². The summed E-state index contributed by atoms with van der Waals surface area (Å²) in [6.45, 7) is 1.87. The maximum Gasteiger partial charge on any atom is 0.319 e. The third-order valence-electron chi connectivity index (χ3n) is 3.61. The highest BCUT2D eigenvalue weighted by molar-refractivity contribution is 5.91. The Hall–Kier alpha value is -2.89. The molecule has 0 radical (unpaired) electrons. The van der Waals surface area contributed by atoms with E-state index in [2.05, 4.69) is 10.6 Å². The molecule has 0 fully saturated rings. The van der Waals surface area contributed by atoms with Gasteiger partial charge in [0.15, 0.2) is 0 Å². The first-order chi connectivity index (χ1) is 11.6. The summed E-state index contributed by atoms with van der Waals surface area (Å²) in [5, 5.41) is 5.66. The van der Waals surface area contributed by atoms with Crippen molar-refractivity contribution in [2.75, 3.05) is 26.6 Å². The van der Waals surface area contributed by atoms with Crippen LogP contribution in [0.25, 0.3) is 0 Å². The number of urea groups is 1. The summed E-state index contributed by atoms with van der Waals surface area (Å²) < 4.78 is 15.8. The third kappa shape index (κ3) is 4.10. The van der Waals surface area contributed by atoms with Crippen molar-refractivity contribution in [2.45, 2.75) is 13.0 Å². The normalized spacial score (nSPS) is 11.3. The molecule has 2 N–H and O–H groups in total. The Kier molecular flexibility index (Phi) is 5.89. The SMILES string of the molecule is COc1ccc(OC)c(C(C)NC(=O)Nc2ccccc2OC)c1. The highest BCUT2D eigenvalue weighted by atomic mass is 16.5. The van der Waals surface area contributed by atoms with Crippen molar-refractivity contribution in [2.24, 2.45) is 0 Å². The molecule has 128 valence electrons. The van der Waals surface area contributed by atoms with Crippen LogP contribution in [0.2, 0.25) is 0 Å². The zero-order chi connectivity index (χ0) is 17.5. The van der Waals surface area contributed by atoms with Crippen molar-refractivity contribution in [3.05, 3.63) is 48.0 Å². The highest BCUT2D eigenvalue weighted by Crippen LogP contribution is 2.29. The second-order valence-corrected chi connectivity index (χ2v) is 5.13. The molecule has 24 heavy (non-hydrogen) atoms. The maximum atomic E-state index is 12.3. The summed E-state index contributed by atoms with van der Waals surface area (Å²) in [5.41, 5.74) is 1.43. The minimum absolute atomic E-state index is 0.273. The van der Waals surface area contributed by atoms with Crippen molar-refractivity contribution < 1.29 is 19.0 Å². The van der Waals surface area contributed by atoms with E-state index in [9.17, 15) is 4.79 Å². The summed E-state index contributed by atoms with van der Waals surface area (Å²) in [6.07, 6.45) is 0. The lowest BCUT2D eigenvalue weighted by molar-refractivity contribution is 0.249. The molecule has 2 amide bonds. The van der Waals surface area contributed by atoms with Crippen LogP contribution in [0.15, 0.2) is 42.5 Å². The van der Waals surface area contributed by atoms with Gasteiger partial charge in [0.25, 0.3) is 0 Å². The number of hydrogen-bond donors (Lipinski definition) is 2. The number of rotatable bonds is 6. The zero-order valence-corrected chi connectivity index (χ0v) is 14.3. The van der Waals surface area contributed by atoms with Crippen LogP contribution in [-0.4, -0.2) is 27.4 Å². The smallest absolute Gasteiger partial charge is 0.319 e. The number of amides is 2. The predicted molar refractivity (Wildman–Crippen MR) is 93.1 cm³/mol. The number of methoxy groups -OCH3 is 3. The lowest BCUT2D eigenvalue weighted by Crippen LogP contribution is -2.31. The number of para-hydroxylation sites is 2. The fraction of sp³-hybridized carbons (Fsp3) is 0.278. The molecule has 0 bridgehead atoms. The second-order valence-electron chi connectivity index (χ2n) is 5.13. The Balaban J connectivity index is 2.11. The van der Waals surface area contributed by atoms with Gasteiger partial charge in [-0.1, -0.05) is 12.1 Å². The second kappa shape index (κ2) is 8.10. The molecule has 0 heterocycles. The van der Waals surface area contributed by atoms with Gasteiger partial charge in [-0.2, -0.15) is 0 Å². The maximum absolute atomic E-state index is 12.3. The van der Waals surface area contributed by atoms with E-state index in [4.69, 9.17) is 14.2 Å². The van der Waals surface area contributed by atoms with Gasteiger partial charge in [-0.25, -0.2) is 4.79 Å². The van der Waals surface area contributed by atoms with Crippen LogP contribution in [-0.2, 0) is 0 Å². The summed E-state index contributed by atoms with van der Waals surface area (Å²) in [7, 11) is 4.74. The van der Waals surface area contributed by atoms with E-state index < -0.39 is 0 Å². The van der Waals surface area contributed by atoms with Crippen LogP contribution in [0.5, 0.6) is 17.2 Å². The molecular weight excluding hydrogens is 308 g/mol. The number of hydrogen-bond acceptors (Lipinski definition) is 4. The van der Waals surface area contributed by atoms with Crippen LogP contribution in [0.3, 0.4) is 0 Å². The lowest BCUT2D eigenvalue weighted by atomic mass is 10.1. The van der Waals surface area contributed by atoms with Crippen LogP contribution in [0.4, 0.5) is 10.5 Å². The molecule has 2 aromatic carbocycles. The van der Waals surface area contributed by atoms with E-state index in [1.165, 1.54) is 0 Å². The third-order valence-corrected chi connectivity index (χ3v) is 3.61. The number of benzene rings is 2. The number of carbonyl (C=O) groups is 1. The molecule has 2 rings (SSSR count). The molecule has 0 aliphatic heterocycles. The van der Waals surface area contributed by atoms with Gasteiger partial charge in [0.1, 0.15) is 17.2 Å². The fourth-order valence-corrected chi connectivity index (χ4v) is 2.36. The number of ether oxygens (including phenoxy) is 3. The van der Waals surface area contributed by atoms with Gasteiger partial charge in [-0.3, -0.25) is 0 Å². The average Bonchev–Trinajstić information content (AvgIpc) is 2.61. The summed E-state index contributed by atoms with van der Waals surface area (Å²) in [5.74, 6) is 1.98. The van der Waals surface area contributed by atoms with Gasteiger partial charge in [0.2, 0.25) is 0 Å². The van der Waals surface area contributed by atoms with Crippen LogP contribution >= 0.6 is 0 Å². The Labute approximate surface area is 141 Å². The first-order valence-corrected chi connectivity index (χ1v) is 7.51. The van der Waals surface area contributed by atoms with E-state index >= 15 is 0 Å². The Morgan fingerprint density at radius 1 is 0.958 bits per heavy atom. The van der Waals surface area contributed by atoms with Gasteiger partial charge < -0.3 is 24.8 Å². The molecule has 6 heteroatoms. The van der Waals surface area contributed by atoms with Crippen molar-refractivity contribution in [1.29, 1.82) is 0 Å². The minimum atomic E-state index is -0.336. The monoisotopic (exact) mass is 330 g/mol. The van der Waals surface area contributed by atoms with E-state index in [-0.39, 0.29) is 12.1 Å². The quantitative estimate of drug-likeness (QED) is 0.849. The Morgan fingerprint density at radius 2 is 1.67 bits per heavy atom. The molecular formula is C18H22N2O4. The number of anilines is 1. The van der Waals surface area contributed by atoms with Gasteiger partial charge in [-0.05, 0) is 37.3 Å². The van der Waals surface area contributed by atoms with Gasteiger partial charge in [-0.15, -0.1) is 0 Å². The fourth-order valence-electron chi connectivity index (χ4n) is 2.36. The molecule has 0 saturated carbocycles. The first kappa shape index (κ1) is 17.5. The standard InChI is InChI=1S/C18H22N2O4/c1-12(14-11-13(22-2)9-10-16(14)23-3)19-18(21)20-15-7-5-6-8-17(15)24-4/h5-12H,1-4H3,(H2,19,20,21). The summed E-state index contributed by atoms with van der Waals surface area (Å²) in [4.78, 5) is 12.3. The summed E-state index contributed by atoms with van der Waals surface area (Å²) >= 11 is 0. The molecule has 1 atom stereocenters. The largest absolute Gasteiger partial charge is 0.497 e. The van der Waals surface area contributed by atoms with Crippen molar-refractivity contribution in [3.63, 3.8) is 0 Å². The van der Waals surface area contributed by atoms with E-state index in [1.54, 1.807) is 33.5 Å². The first-order valence-electron chi connectivity index (χ1n) is 7.51. The highest BCUT2D eigenvalue weighted by Gasteiger charge is 2.16. The van der Waals surface area contributed by atoms with Crippen molar-refractivity contribution in [3.8, 4) is 17.2 Å². The van der Waals surface area contributed by atoms with E-state index in [0.717, 1.165) is 5.56 Å². The molecule has 1 unspecified atom stereocenters. The van der Waals surface area contributed by atoms with Crippen LogP contribution in [0, 0.1) is 0 Å². The van der Waals surface area contributed by atoms with Crippen molar-refractivity contribution in [1.82, 2.24) is 5.32 Å². The molecule has 6 nitrogen and oxygen atoms in total. The molecule has 0 spiro atoms. The van der Waals surface area contributed by atoms with E-state index in [0.29, 0.717) is 22.9 Å². The number of carbonyl (C=O) groups excluding carboxylic acids is 1. The van der Waals surface area contributed by atoms with E-state index in [1.807, 2.05) is 37.3 Å². The van der Waals surface area contributed by atoms with Gasteiger partial charge in [0, 0.05) is 5.56 Å². The average molecular weight is 330 g/mol.